The first-order valence-corrected chi connectivity index (χ1v) is 9.87. The third-order valence-electron chi connectivity index (χ3n) is 4.57. The predicted molar refractivity (Wildman–Crippen MR) is 120 cm³/mol. The Kier molecular flexibility index (Phi) is 7.16. The summed E-state index contributed by atoms with van der Waals surface area (Å²) in [6.45, 7) is 6.95. The van der Waals surface area contributed by atoms with Crippen LogP contribution in [-0.4, -0.2) is 23.5 Å². The van der Waals surface area contributed by atoms with Crippen molar-refractivity contribution in [1.29, 1.82) is 0 Å². The zero-order valence-electron chi connectivity index (χ0n) is 17.5. The number of guanidine groups is 1. The van der Waals surface area contributed by atoms with E-state index in [2.05, 4.69) is 20.6 Å². The largest absolute Gasteiger partial charge is 0.494 e. The van der Waals surface area contributed by atoms with Gasteiger partial charge in [-0.05, 0) is 79.9 Å². The number of nitrogens with one attached hydrogen (secondary N) is 2. The van der Waals surface area contributed by atoms with Gasteiger partial charge in [-0.2, -0.15) is 0 Å². The molecule has 0 radical (unpaired) electrons. The second kappa shape index (κ2) is 10.2. The quantitative estimate of drug-likeness (QED) is 0.470. The number of aromatic nitrogens is 1. The third kappa shape index (κ3) is 5.91. The van der Waals surface area contributed by atoms with Gasteiger partial charge in [0.2, 0.25) is 5.96 Å². The molecule has 0 saturated heterocycles. The van der Waals surface area contributed by atoms with Crippen molar-refractivity contribution in [3.8, 4) is 5.75 Å². The van der Waals surface area contributed by atoms with Gasteiger partial charge in [-0.25, -0.2) is 4.99 Å². The van der Waals surface area contributed by atoms with E-state index in [1.54, 1.807) is 12.4 Å². The number of carbonyl (C=O) groups is 1. The number of anilines is 1. The van der Waals surface area contributed by atoms with Gasteiger partial charge in [-0.15, -0.1) is 0 Å². The van der Waals surface area contributed by atoms with E-state index >= 15 is 0 Å². The molecule has 3 rings (SSSR count). The number of hydrogen-bond acceptors (Lipinski definition) is 4. The Morgan fingerprint density at radius 1 is 1.07 bits per heavy atom. The molecule has 1 heterocycles. The number of rotatable bonds is 6. The van der Waals surface area contributed by atoms with Crippen LogP contribution in [-0.2, 0) is 6.54 Å². The average Bonchev–Trinajstić information content (AvgIpc) is 2.76. The monoisotopic (exact) mass is 402 g/mol. The molecule has 2 N–H and O–H groups in total. The molecule has 2 aromatic carbocycles. The lowest BCUT2D eigenvalue weighted by Crippen LogP contribution is -2.36. The summed E-state index contributed by atoms with van der Waals surface area (Å²) >= 11 is 0. The van der Waals surface area contributed by atoms with Crippen molar-refractivity contribution in [2.45, 2.75) is 27.3 Å². The Morgan fingerprint density at radius 3 is 2.53 bits per heavy atom. The number of carbonyl (C=O) groups excluding carboxylic acids is 1. The number of nitrogens with zero attached hydrogens (tertiary/aromatic N) is 2. The fraction of sp³-hybridized carbons (Fsp3) is 0.208. The van der Waals surface area contributed by atoms with Crippen molar-refractivity contribution in [3.63, 3.8) is 0 Å². The molecular formula is C24H26N4O2. The lowest BCUT2D eigenvalue weighted by molar-refractivity contribution is 0.0977. The molecule has 0 fully saturated rings. The Hall–Kier alpha value is -3.67. The molecule has 154 valence electrons. The average molecular weight is 402 g/mol. The fourth-order valence-electron chi connectivity index (χ4n) is 2.77. The van der Waals surface area contributed by atoms with Crippen molar-refractivity contribution in [3.05, 3.63) is 89.2 Å². The number of hydrogen-bond donors (Lipinski definition) is 2. The molecule has 6 heteroatoms. The summed E-state index contributed by atoms with van der Waals surface area (Å²) in [6, 6.07) is 16.9. The second-order valence-corrected chi connectivity index (χ2v) is 6.86. The Labute approximate surface area is 177 Å². The van der Waals surface area contributed by atoms with Gasteiger partial charge in [0.15, 0.2) is 0 Å². The number of ether oxygens (including phenoxy) is 1. The molecule has 0 unspecified atom stereocenters. The summed E-state index contributed by atoms with van der Waals surface area (Å²) < 4.78 is 5.48. The van der Waals surface area contributed by atoms with Crippen molar-refractivity contribution < 1.29 is 9.53 Å². The van der Waals surface area contributed by atoms with E-state index in [9.17, 15) is 4.79 Å². The zero-order chi connectivity index (χ0) is 21.3. The van der Waals surface area contributed by atoms with E-state index in [4.69, 9.17) is 4.74 Å². The highest BCUT2D eigenvalue weighted by Crippen LogP contribution is 2.16. The standard InChI is InChI=1S/C24H26N4O2/c1-4-30-22-11-9-21(10-12-22)27-24(26-16-19-6-5-13-25-15-19)28-23(29)20-8-7-17(2)18(3)14-20/h5-15H,4,16H2,1-3H3,(H2,26,27,28,29). The predicted octanol–water partition coefficient (Wildman–Crippen LogP) is 4.50. The van der Waals surface area contributed by atoms with Gasteiger partial charge in [0, 0.05) is 23.6 Å². The van der Waals surface area contributed by atoms with Gasteiger partial charge in [0.25, 0.3) is 5.91 Å². The second-order valence-electron chi connectivity index (χ2n) is 6.86. The summed E-state index contributed by atoms with van der Waals surface area (Å²) in [5.74, 6) is 0.934. The number of amides is 1. The van der Waals surface area contributed by atoms with Gasteiger partial charge in [0.05, 0.1) is 13.2 Å². The Balaban J connectivity index is 1.79. The molecule has 1 amide bonds. The van der Waals surface area contributed by atoms with E-state index in [-0.39, 0.29) is 5.91 Å². The summed E-state index contributed by atoms with van der Waals surface area (Å²) in [7, 11) is 0. The maximum Gasteiger partial charge on any atom is 0.257 e. The van der Waals surface area contributed by atoms with Gasteiger partial charge < -0.3 is 10.1 Å². The van der Waals surface area contributed by atoms with Crippen LogP contribution in [0.4, 0.5) is 5.69 Å². The van der Waals surface area contributed by atoms with Crippen LogP contribution < -0.4 is 15.4 Å². The number of benzene rings is 2. The molecule has 3 aromatic rings. The third-order valence-corrected chi connectivity index (χ3v) is 4.57. The molecule has 1 aromatic heterocycles. The lowest BCUT2D eigenvalue weighted by atomic mass is 10.1. The van der Waals surface area contributed by atoms with Crippen LogP contribution in [0.15, 0.2) is 72.0 Å². The Morgan fingerprint density at radius 2 is 1.87 bits per heavy atom. The van der Waals surface area contributed by atoms with Crippen LogP contribution in [0, 0.1) is 13.8 Å². The maximum absolute atomic E-state index is 12.8. The minimum Gasteiger partial charge on any atom is -0.494 e. The lowest BCUT2D eigenvalue weighted by Gasteiger charge is -2.13. The summed E-state index contributed by atoms with van der Waals surface area (Å²) in [4.78, 5) is 21.5. The highest BCUT2D eigenvalue weighted by molar-refractivity contribution is 6.10. The number of aryl methyl sites for hydroxylation is 2. The normalized spacial score (nSPS) is 11.1. The number of pyridine rings is 1. The van der Waals surface area contributed by atoms with Gasteiger partial charge in [0.1, 0.15) is 5.75 Å². The molecule has 6 nitrogen and oxygen atoms in total. The van der Waals surface area contributed by atoms with Crippen molar-refractivity contribution >= 4 is 17.6 Å². The topological polar surface area (TPSA) is 75.6 Å². The van der Waals surface area contributed by atoms with Crippen LogP contribution in [0.5, 0.6) is 5.75 Å². The number of aliphatic imine (C=N–C) groups is 1. The first-order chi connectivity index (χ1) is 14.5. The zero-order valence-corrected chi connectivity index (χ0v) is 17.5. The fourth-order valence-corrected chi connectivity index (χ4v) is 2.77. The SMILES string of the molecule is CCOc1ccc(NC(=NCc2cccnc2)NC(=O)c2ccc(C)c(C)c2)cc1. The van der Waals surface area contributed by atoms with Crippen LogP contribution in [0.2, 0.25) is 0 Å². The van der Waals surface area contributed by atoms with E-state index in [0.29, 0.717) is 24.7 Å². The van der Waals surface area contributed by atoms with Crippen molar-refractivity contribution in [2.24, 2.45) is 4.99 Å². The molecule has 0 atom stereocenters. The van der Waals surface area contributed by atoms with E-state index in [1.165, 1.54) is 0 Å². The van der Waals surface area contributed by atoms with Crippen molar-refractivity contribution in [2.75, 3.05) is 11.9 Å². The van der Waals surface area contributed by atoms with Crippen LogP contribution >= 0.6 is 0 Å². The molecule has 0 bridgehead atoms. The minimum absolute atomic E-state index is 0.221. The first kappa shape index (κ1) is 21.0. The first-order valence-electron chi connectivity index (χ1n) is 9.87. The molecule has 0 aliphatic rings. The highest BCUT2D eigenvalue weighted by Gasteiger charge is 2.11. The Bertz CT molecular complexity index is 1020. The van der Waals surface area contributed by atoms with Crippen LogP contribution in [0.3, 0.4) is 0 Å². The van der Waals surface area contributed by atoms with Crippen LogP contribution in [0.1, 0.15) is 34.0 Å². The molecule has 0 saturated carbocycles. The minimum atomic E-state index is -0.221. The van der Waals surface area contributed by atoms with Gasteiger partial charge in [-0.1, -0.05) is 12.1 Å². The van der Waals surface area contributed by atoms with Crippen LogP contribution in [0.25, 0.3) is 0 Å². The molecule has 0 spiro atoms. The summed E-state index contributed by atoms with van der Waals surface area (Å²) in [5.41, 5.74) is 4.54. The van der Waals surface area contributed by atoms with E-state index in [0.717, 1.165) is 28.1 Å². The van der Waals surface area contributed by atoms with E-state index in [1.807, 2.05) is 75.4 Å². The molecule has 30 heavy (non-hydrogen) atoms. The van der Waals surface area contributed by atoms with E-state index < -0.39 is 0 Å². The molecule has 0 aliphatic heterocycles. The summed E-state index contributed by atoms with van der Waals surface area (Å²) in [6.07, 6.45) is 3.47. The van der Waals surface area contributed by atoms with Gasteiger partial charge in [-0.3, -0.25) is 15.1 Å². The molecular weight excluding hydrogens is 376 g/mol. The molecule has 0 aliphatic carbocycles. The van der Waals surface area contributed by atoms with Crippen molar-refractivity contribution in [1.82, 2.24) is 10.3 Å². The maximum atomic E-state index is 12.8. The van der Waals surface area contributed by atoms with Gasteiger partial charge >= 0.3 is 0 Å². The smallest absolute Gasteiger partial charge is 0.257 e. The summed E-state index contributed by atoms with van der Waals surface area (Å²) in [5, 5.41) is 6.07. The highest BCUT2D eigenvalue weighted by atomic mass is 16.5.